The molecule has 0 radical (unpaired) electrons. The van der Waals surface area contributed by atoms with Gasteiger partial charge in [0.1, 0.15) is 11.6 Å². The van der Waals surface area contributed by atoms with E-state index < -0.39 is 17.5 Å². The normalized spacial score (nSPS) is 15.2. The molecule has 2 rings (SSSR count). The second kappa shape index (κ2) is 9.84. The molecule has 1 aliphatic rings. The number of nitrogens with one attached hydrogen (secondary N) is 2. The summed E-state index contributed by atoms with van der Waals surface area (Å²) >= 11 is 0. The molecule has 0 aromatic heterocycles. The minimum atomic E-state index is -0.942. The van der Waals surface area contributed by atoms with E-state index >= 15 is 0 Å². The number of likely N-dealkylation sites (tertiary alicyclic amines) is 1. The van der Waals surface area contributed by atoms with Crippen LogP contribution in [0.25, 0.3) is 0 Å². The summed E-state index contributed by atoms with van der Waals surface area (Å²) in [7, 11) is 0. The maximum absolute atomic E-state index is 13.5. The van der Waals surface area contributed by atoms with Gasteiger partial charge in [-0.15, -0.1) is 0 Å². The lowest BCUT2D eigenvalue weighted by molar-refractivity contribution is -0.136. The molecule has 2 N–H and O–H groups in total. The lowest BCUT2D eigenvalue weighted by Crippen LogP contribution is -2.43. The second-order valence-corrected chi connectivity index (χ2v) is 6.21. The lowest BCUT2D eigenvalue weighted by atomic mass is 10.1. The quantitative estimate of drug-likeness (QED) is 0.750. The number of halogens is 2. The third kappa shape index (κ3) is 6.09. The molecule has 0 spiro atoms. The third-order valence-electron chi connectivity index (χ3n) is 4.16. The minimum Gasteiger partial charge on any atom is -0.353 e. The van der Waals surface area contributed by atoms with Gasteiger partial charge in [-0.1, -0.05) is 12.8 Å². The van der Waals surface area contributed by atoms with Gasteiger partial charge < -0.3 is 15.5 Å². The number of hydrogen-bond acceptors (Lipinski definition) is 3. The highest BCUT2D eigenvalue weighted by molar-refractivity contribution is 5.94. The molecular weight excluding hydrogens is 344 g/mol. The van der Waals surface area contributed by atoms with Crippen LogP contribution in [-0.2, 0) is 9.59 Å². The Morgan fingerprint density at radius 1 is 1.04 bits per heavy atom. The van der Waals surface area contributed by atoms with E-state index in [1.807, 2.05) is 0 Å². The van der Waals surface area contributed by atoms with Gasteiger partial charge in [-0.2, -0.15) is 0 Å². The number of rotatable bonds is 6. The van der Waals surface area contributed by atoms with E-state index in [0.29, 0.717) is 19.0 Å². The van der Waals surface area contributed by atoms with Crippen LogP contribution in [0.15, 0.2) is 18.2 Å². The molecule has 26 heavy (non-hydrogen) atoms. The number of carbonyl (C=O) groups is 3. The number of amides is 3. The first-order valence-corrected chi connectivity index (χ1v) is 8.75. The van der Waals surface area contributed by atoms with Gasteiger partial charge in [0.25, 0.3) is 5.91 Å². The monoisotopic (exact) mass is 367 g/mol. The molecule has 8 heteroatoms. The van der Waals surface area contributed by atoms with Crippen molar-refractivity contribution in [2.75, 3.05) is 26.2 Å². The minimum absolute atomic E-state index is 0.000625. The molecule has 1 fully saturated rings. The molecule has 1 saturated heterocycles. The van der Waals surface area contributed by atoms with E-state index in [4.69, 9.17) is 0 Å². The Bertz CT molecular complexity index is 667. The first-order chi connectivity index (χ1) is 12.5. The maximum atomic E-state index is 13.5. The lowest BCUT2D eigenvalue weighted by Gasteiger charge is -2.24. The molecule has 0 saturated carbocycles. The van der Waals surface area contributed by atoms with Crippen molar-refractivity contribution < 1.29 is 23.2 Å². The molecular formula is C18H23F2N3O3. The Morgan fingerprint density at radius 3 is 2.54 bits per heavy atom. The van der Waals surface area contributed by atoms with Gasteiger partial charge in [0.2, 0.25) is 11.8 Å². The first-order valence-electron chi connectivity index (χ1n) is 8.75. The molecule has 1 heterocycles. The van der Waals surface area contributed by atoms with Crippen LogP contribution in [0.1, 0.15) is 42.5 Å². The molecule has 0 atom stereocenters. The van der Waals surface area contributed by atoms with E-state index in [1.165, 1.54) is 0 Å². The third-order valence-corrected chi connectivity index (χ3v) is 4.16. The van der Waals surface area contributed by atoms with Crippen molar-refractivity contribution in [3.05, 3.63) is 35.4 Å². The predicted molar refractivity (Wildman–Crippen MR) is 91.4 cm³/mol. The van der Waals surface area contributed by atoms with Crippen molar-refractivity contribution in [2.45, 2.75) is 32.1 Å². The van der Waals surface area contributed by atoms with Crippen molar-refractivity contribution in [3.63, 3.8) is 0 Å². The van der Waals surface area contributed by atoms with Crippen LogP contribution in [-0.4, -0.2) is 48.8 Å². The highest BCUT2D eigenvalue weighted by atomic mass is 19.1. The molecule has 3 amide bonds. The highest BCUT2D eigenvalue weighted by Gasteiger charge is 2.18. The Morgan fingerprint density at radius 2 is 1.77 bits per heavy atom. The summed E-state index contributed by atoms with van der Waals surface area (Å²) in [6, 6.07) is 2.70. The van der Waals surface area contributed by atoms with E-state index in [0.717, 1.165) is 37.8 Å². The van der Waals surface area contributed by atoms with Gasteiger partial charge >= 0.3 is 0 Å². The fourth-order valence-electron chi connectivity index (χ4n) is 2.76. The largest absolute Gasteiger partial charge is 0.353 e. The predicted octanol–water partition coefficient (Wildman–Crippen LogP) is 1.60. The summed E-state index contributed by atoms with van der Waals surface area (Å²) in [4.78, 5) is 37.3. The summed E-state index contributed by atoms with van der Waals surface area (Å²) in [6.07, 6.45) is 4.30. The number of nitrogens with zero attached hydrogens (tertiary/aromatic N) is 1. The fourth-order valence-corrected chi connectivity index (χ4v) is 2.76. The van der Waals surface area contributed by atoms with Crippen LogP contribution in [0.3, 0.4) is 0 Å². The Labute approximate surface area is 150 Å². The molecule has 6 nitrogen and oxygen atoms in total. The first kappa shape index (κ1) is 19.8. The van der Waals surface area contributed by atoms with Crippen molar-refractivity contribution >= 4 is 17.7 Å². The number of hydrogen-bond donors (Lipinski definition) is 2. The van der Waals surface area contributed by atoms with Crippen LogP contribution < -0.4 is 10.6 Å². The summed E-state index contributed by atoms with van der Waals surface area (Å²) in [6.45, 7) is 0.816. The topological polar surface area (TPSA) is 78.5 Å². The SMILES string of the molecule is O=C(CN1CCCCCCC1=O)NCCNC(=O)c1ccc(F)cc1F. The summed E-state index contributed by atoms with van der Waals surface area (Å²) in [5.74, 6) is -2.70. The van der Waals surface area contributed by atoms with Crippen LogP contribution in [0.5, 0.6) is 0 Å². The number of benzene rings is 1. The van der Waals surface area contributed by atoms with Gasteiger partial charge in [0.05, 0.1) is 12.1 Å². The standard InChI is InChI=1S/C18H23F2N3O3/c19-13-6-7-14(15(20)11-13)18(26)22-9-8-21-16(24)12-23-10-4-2-1-3-5-17(23)25/h6-7,11H,1-5,8-10,12H2,(H,21,24)(H,22,26). The molecule has 0 bridgehead atoms. The molecule has 1 aliphatic heterocycles. The van der Waals surface area contributed by atoms with E-state index in [1.54, 1.807) is 4.90 Å². The van der Waals surface area contributed by atoms with Gasteiger partial charge in [0, 0.05) is 32.1 Å². The summed E-state index contributed by atoms with van der Waals surface area (Å²) in [5, 5.41) is 5.06. The van der Waals surface area contributed by atoms with Crippen LogP contribution >= 0.6 is 0 Å². The van der Waals surface area contributed by atoms with Crippen molar-refractivity contribution in [1.82, 2.24) is 15.5 Å². The van der Waals surface area contributed by atoms with Crippen molar-refractivity contribution in [3.8, 4) is 0 Å². The fraction of sp³-hybridized carbons (Fsp3) is 0.500. The van der Waals surface area contributed by atoms with E-state index in [9.17, 15) is 23.2 Å². The van der Waals surface area contributed by atoms with Crippen LogP contribution in [0.4, 0.5) is 8.78 Å². The summed E-state index contributed by atoms with van der Waals surface area (Å²) < 4.78 is 26.3. The Kier molecular flexibility index (Phi) is 7.50. The van der Waals surface area contributed by atoms with Gasteiger partial charge in [0.15, 0.2) is 0 Å². The van der Waals surface area contributed by atoms with Gasteiger partial charge in [-0.25, -0.2) is 8.78 Å². The molecule has 142 valence electrons. The zero-order chi connectivity index (χ0) is 18.9. The molecule has 1 aromatic rings. The Balaban J connectivity index is 1.70. The van der Waals surface area contributed by atoms with E-state index in [-0.39, 0.29) is 37.0 Å². The smallest absolute Gasteiger partial charge is 0.254 e. The Hall–Kier alpha value is -2.51. The van der Waals surface area contributed by atoms with Crippen LogP contribution in [0, 0.1) is 11.6 Å². The average molecular weight is 367 g/mol. The van der Waals surface area contributed by atoms with E-state index in [2.05, 4.69) is 10.6 Å². The van der Waals surface area contributed by atoms with Gasteiger partial charge in [-0.05, 0) is 25.0 Å². The van der Waals surface area contributed by atoms with Gasteiger partial charge in [-0.3, -0.25) is 14.4 Å². The zero-order valence-electron chi connectivity index (χ0n) is 14.5. The van der Waals surface area contributed by atoms with Crippen molar-refractivity contribution in [2.24, 2.45) is 0 Å². The van der Waals surface area contributed by atoms with Crippen LogP contribution in [0.2, 0.25) is 0 Å². The maximum Gasteiger partial charge on any atom is 0.254 e. The molecule has 0 aliphatic carbocycles. The molecule has 0 unspecified atom stereocenters. The van der Waals surface area contributed by atoms with Crippen molar-refractivity contribution in [1.29, 1.82) is 0 Å². The zero-order valence-corrected chi connectivity index (χ0v) is 14.5. The second-order valence-electron chi connectivity index (χ2n) is 6.21. The highest BCUT2D eigenvalue weighted by Crippen LogP contribution is 2.11. The average Bonchev–Trinajstić information content (AvgIpc) is 2.58. The molecule has 1 aromatic carbocycles. The number of carbonyl (C=O) groups excluding carboxylic acids is 3. The summed E-state index contributed by atoms with van der Waals surface area (Å²) in [5.41, 5.74) is -0.260.